The van der Waals surface area contributed by atoms with Gasteiger partial charge in [0.25, 0.3) is 5.91 Å². The maximum Gasteiger partial charge on any atom is 0.344 e. The van der Waals surface area contributed by atoms with Crippen LogP contribution in [0.2, 0.25) is 5.02 Å². The molecule has 1 N–H and O–H groups in total. The highest BCUT2D eigenvalue weighted by Crippen LogP contribution is 2.23. The molecule has 0 atom stereocenters. The van der Waals surface area contributed by atoms with Gasteiger partial charge in [-0.3, -0.25) is 4.79 Å². The molecule has 0 aliphatic carbocycles. The predicted octanol–water partition coefficient (Wildman–Crippen LogP) is 2.23. The van der Waals surface area contributed by atoms with Crippen LogP contribution in [0, 0.1) is 6.92 Å². The molecule has 1 fully saturated rings. The average molecular weight is 483 g/mol. The lowest BCUT2D eigenvalue weighted by Crippen LogP contribution is -2.40. The molecular formula is C21H23ClN2O7S. The van der Waals surface area contributed by atoms with Crippen LogP contribution in [0.4, 0.5) is 5.69 Å². The van der Waals surface area contributed by atoms with Gasteiger partial charge >= 0.3 is 5.97 Å². The maximum absolute atomic E-state index is 12.8. The fourth-order valence-electron chi connectivity index (χ4n) is 2.88. The van der Waals surface area contributed by atoms with Crippen LogP contribution in [-0.4, -0.2) is 64.1 Å². The third kappa shape index (κ3) is 6.42. The molecule has 32 heavy (non-hydrogen) atoms. The fraction of sp³-hybridized carbons (Fsp3) is 0.333. The Hall–Kier alpha value is -2.66. The lowest BCUT2D eigenvalue weighted by molar-refractivity contribution is -0.149. The summed E-state index contributed by atoms with van der Waals surface area (Å²) in [7, 11) is -3.71. The molecule has 1 amide bonds. The number of hydrogen-bond donors (Lipinski definition) is 1. The van der Waals surface area contributed by atoms with Crippen LogP contribution in [0.1, 0.15) is 5.56 Å². The van der Waals surface area contributed by atoms with E-state index in [1.54, 1.807) is 37.3 Å². The minimum Gasteiger partial charge on any atom is -0.482 e. The fourth-order valence-corrected chi connectivity index (χ4v) is 4.44. The molecule has 0 unspecified atom stereocenters. The van der Waals surface area contributed by atoms with Gasteiger partial charge in [-0.1, -0.05) is 17.7 Å². The Kier molecular flexibility index (Phi) is 8.08. The number of ether oxygens (including phenoxy) is 3. The van der Waals surface area contributed by atoms with Crippen molar-refractivity contribution in [3.8, 4) is 5.75 Å². The van der Waals surface area contributed by atoms with Gasteiger partial charge < -0.3 is 19.5 Å². The van der Waals surface area contributed by atoms with Gasteiger partial charge in [0.15, 0.2) is 13.2 Å². The minimum atomic E-state index is -3.71. The average Bonchev–Trinajstić information content (AvgIpc) is 2.79. The number of carbonyl (C=O) groups excluding carboxylic acids is 2. The quantitative estimate of drug-likeness (QED) is 0.574. The third-order valence-corrected chi connectivity index (χ3v) is 6.77. The van der Waals surface area contributed by atoms with Crippen molar-refractivity contribution >= 4 is 39.2 Å². The molecule has 1 aliphatic heterocycles. The summed E-state index contributed by atoms with van der Waals surface area (Å²) in [6.07, 6.45) is 0. The van der Waals surface area contributed by atoms with Crippen molar-refractivity contribution in [2.45, 2.75) is 11.8 Å². The monoisotopic (exact) mass is 482 g/mol. The zero-order chi connectivity index (χ0) is 23.1. The van der Waals surface area contributed by atoms with E-state index in [2.05, 4.69) is 5.32 Å². The summed E-state index contributed by atoms with van der Waals surface area (Å²) in [5.74, 6) is -0.894. The lowest BCUT2D eigenvalue weighted by Gasteiger charge is -2.26. The van der Waals surface area contributed by atoms with Crippen molar-refractivity contribution in [1.29, 1.82) is 0 Å². The van der Waals surface area contributed by atoms with E-state index in [-0.39, 0.29) is 24.6 Å². The number of hydrogen-bond acceptors (Lipinski definition) is 7. The van der Waals surface area contributed by atoms with E-state index in [0.29, 0.717) is 35.2 Å². The number of benzene rings is 2. The Morgan fingerprint density at radius 2 is 1.78 bits per heavy atom. The summed E-state index contributed by atoms with van der Waals surface area (Å²) >= 11 is 5.78. The molecule has 172 valence electrons. The van der Waals surface area contributed by atoms with Gasteiger partial charge in [-0.15, -0.1) is 0 Å². The van der Waals surface area contributed by atoms with Crippen LogP contribution in [0.5, 0.6) is 5.75 Å². The summed E-state index contributed by atoms with van der Waals surface area (Å²) in [6, 6.07) is 10.9. The maximum atomic E-state index is 12.8. The highest BCUT2D eigenvalue weighted by molar-refractivity contribution is 7.89. The summed E-state index contributed by atoms with van der Waals surface area (Å²) in [4.78, 5) is 24.1. The molecule has 3 rings (SSSR count). The summed E-state index contributed by atoms with van der Waals surface area (Å²) in [5, 5.41) is 3.12. The number of carbonyl (C=O) groups is 2. The molecule has 0 bridgehead atoms. The van der Waals surface area contributed by atoms with Gasteiger partial charge in [-0.25, -0.2) is 13.2 Å². The number of halogens is 1. The van der Waals surface area contributed by atoms with Gasteiger partial charge in [0, 0.05) is 23.8 Å². The zero-order valence-corrected chi connectivity index (χ0v) is 18.9. The summed E-state index contributed by atoms with van der Waals surface area (Å²) in [6.45, 7) is 2.03. The Bertz CT molecular complexity index is 1070. The highest BCUT2D eigenvalue weighted by atomic mass is 35.5. The summed E-state index contributed by atoms with van der Waals surface area (Å²) in [5.41, 5.74) is 0.981. The van der Waals surface area contributed by atoms with Crippen LogP contribution in [-0.2, 0) is 29.1 Å². The molecular weight excluding hydrogens is 460 g/mol. The standard InChI is InChI=1S/C21H23ClN2O7S/c1-15-2-7-18(32(27,28)24-8-10-29-11-9-24)12-19(15)23-20(25)13-31-21(26)14-30-17-5-3-16(22)4-6-17/h2-7,12H,8-11,13-14H2,1H3,(H,23,25). The van der Waals surface area contributed by atoms with E-state index in [9.17, 15) is 18.0 Å². The number of aryl methyl sites for hydroxylation is 1. The van der Waals surface area contributed by atoms with E-state index >= 15 is 0 Å². The Labute approximate surface area is 191 Å². The number of nitrogens with zero attached hydrogens (tertiary/aromatic N) is 1. The Morgan fingerprint density at radius 1 is 1.09 bits per heavy atom. The Balaban J connectivity index is 1.54. The second kappa shape index (κ2) is 10.8. The normalized spacial score (nSPS) is 14.6. The number of esters is 1. The number of anilines is 1. The van der Waals surface area contributed by atoms with E-state index in [1.807, 2.05) is 0 Å². The van der Waals surface area contributed by atoms with Gasteiger partial charge in [-0.2, -0.15) is 4.31 Å². The molecule has 0 saturated carbocycles. The van der Waals surface area contributed by atoms with Gasteiger partial charge in [-0.05, 0) is 48.9 Å². The van der Waals surface area contributed by atoms with Crippen molar-refractivity contribution in [2.24, 2.45) is 0 Å². The third-order valence-electron chi connectivity index (χ3n) is 4.63. The van der Waals surface area contributed by atoms with Gasteiger partial charge in [0.1, 0.15) is 5.75 Å². The second-order valence-electron chi connectivity index (χ2n) is 6.94. The first-order valence-corrected chi connectivity index (χ1v) is 11.6. The van der Waals surface area contributed by atoms with Crippen molar-refractivity contribution in [1.82, 2.24) is 4.31 Å². The predicted molar refractivity (Wildman–Crippen MR) is 117 cm³/mol. The van der Waals surface area contributed by atoms with Crippen LogP contribution in [0.3, 0.4) is 0 Å². The molecule has 0 radical (unpaired) electrons. The number of sulfonamides is 1. The molecule has 2 aromatic carbocycles. The lowest BCUT2D eigenvalue weighted by atomic mass is 10.2. The van der Waals surface area contributed by atoms with E-state index < -0.39 is 28.5 Å². The molecule has 11 heteroatoms. The van der Waals surface area contributed by atoms with Crippen LogP contribution in [0.25, 0.3) is 0 Å². The number of morpholine rings is 1. The molecule has 9 nitrogen and oxygen atoms in total. The molecule has 2 aromatic rings. The molecule has 1 heterocycles. The summed E-state index contributed by atoms with van der Waals surface area (Å²) < 4.78 is 42.4. The molecule has 0 aromatic heterocycles. The first-order valence-electron chi connectivity index (χ1n) is 9.78. The van der Waals surface area contributed by atoms with Crippen LogP contribution in [0.15, 0.2) is 47.4 Å². The van der Waals surface area contributed by atoms with Gasteiger partial charge in [0.2, 0.25) is 10.0 Å². The number of rotatable bonds is 8. The van der Waals surface area contributed by atoms with Crippen LogP contribution < -0.4 is 10.1 Å². The van der Waals surface area contributed by atoms with Crippen molar-refractivity contribution in [3.63, 3.8) is 0 Å². The van der Waals surface area contributed by atoms with E-state index in [4.69, 9.17) is 25.8 Å². The Morgan fingerprint density at radius 3 is 2.47 bits per heavy atom. The number of amides is 1. The largest absolute Gasteiger partial charge is 0.482 e. The van der Waals surface area contributed by atoms with E-state index in [1.165, 1.54) is 16.4 Å². The van der Waals surface area contributed by atoms with Crippen LogP contribution >= 0.6 is 11.6 Å². The first-order chi connectivity index (χ1) is 15.3. The molecule has 0 spiro atoms. The minimum absolute atomic E-state index is 0.0636. The van der Waals surface area contributed by atoms with Crippen molar-refractivity contribution < 1.29 is 32.2 Å². The molecule has 1 aliphatic rings. The second-order valence-corrected chi connectivity index (χ2v) is 9.32. The smallest absolute Gasteiger partial charge is 0.344 e. The topological polar surface area (TPSA) is 111 Å². The van der Waals surface area contributed by atoms with Gasteiger partial charge in [0.05, 0.1) is 18.1 Å². The SMILES string of the molecule is Cc1ccc(S(=O)(=O)N2CCOCC2)cc1NC(=O)COC(=O)COc1ccc(Cl)cc1. The van der Waals surface area contributed by atoms with Crippen molar-refractivity contribution in [3.05, 3.63) is 53.1 Å². The zero-order valence-electron chi connectivity index (χ0n) is 17.4. The van der Waals surface area contributed by atoms with Crippen molar-refractivity contribution in [2.75, 3.05) is 44.8 Å². The van der Waals surface area contributed by atoms with E-state index in [0.717, 1.165) is 0 Å². The molecule has 1 saturated heterocycles. The highest BCUT2D eigenvalue weighted by Gasteiger charge is 2.27. The first kappa shape index (κ1) is 24.0. The number of nitrogens with one attached hydrogen (secondary N) is 1.